The second-order valence-electron chi connectivity index (χ2n) is 3.39. The number of nitrogens with zero attached hydrogens (tertiary/aromatic N) is 1. The Morgan fingerprint density at radius 3 is 2.46 bits per heavy atom. The molecule has 70 valence electrons. The molecule has 0 bridgehead atoms. The molecule has 0 amide bonds. The van der Waals surface area contributed by atoms with Crippen LogP contribution in [0.1, 0.15) is 28.9 Å². The van der Waals surface area contributed by atoms with Crippen LogP contribution in [0.5, 0.6) is 0 Å². The first-order valence-electron chi connectivity index (χ1n) is 4.37. The molecular weight excluding hydrogens is 162 g/mol. The van der Waals surface area contributed by atoms with Gasteiger partial charge in [-0.25, -0.2) is 0 Å². The van der Waals surface area contributed by atoms with Gasteiger partial charge in [-0.3, -0.25) is 4.79 Å². The predicted octanol–water partition coefficient (Wildman–Crippen LogP) is 2.12. The van der Waals surface area contributed by atoms with Crippen LogP contribution in [-0.4, -0.2) is 25.3 Å². The summed E-state index contributed by atoms with van der Waals surface area (Å²) in [5.41, 5.74) is 1.87. The maximum absolute atomic E-state index is 10.7. The summed E-state index contributed by atoms with van der Waals surface area (Å²) < 4.78 is 0. The van der Waals surface area contributed by atoms with Crippen LogP contribution in [0, 0.1) is 0 Å². The summed E-state index contributed by atoms with van der Waals surface area (Å²) in [4.78, 5) is 12.8. The first-order chi connectivity index (χ1) is 6.16. The first kappa shape index (κ1) is 9.93. The molecule has 0 aliphatic heterocycles. The molecule has 0 fully saturated rings. The number of benzene rings is 1. The molecule has 1 rings (SSSR count). The molecule has 1 aromatic rings. The standard InChI is InChI=1S/C11H15NO/c1-9(12(2)3)11-7-5-4-6-10(11)8-13/h4-9H,1-3H3. The monoisotopic (exact) mass is 177 g/mol. The number of carbonyl (C=O) groups is 1. The summed E-state index contributed by atoms with van der Waals surface area (Å²) in [5.74, 6) is 0. The van der Waals surface area contributed by atoms with Crippen molar-refractivity contribution in [3.8, 4) is 0 Å². The minimum atomic E-state index is 0.279. The zero-order chi connectivity index (χ0) is 9.84. The second kappa shape index (κ2) is 4.19. The smallest absolute Gasteiger partial charge is 0.150 e. The fraction of sp³-hybridized carbons (Fsp3) is 0.364. The van der Waals surface area contributed by atoms with Crippen LogP contribution in [0.25, 0.3) is 0 Å². The number of aldehydes is 1. The third-order valence-corrected chi connectivity index (χ3v) is 2.35. The van der Waals surface area contributed by atoms with Crippen molar-refractivity contribution >= 4 is 6.29 Å². The number of hydrogen-bond acceptors (Lipinski definition) is 2. The van der Waals surface area contributed by atoms with Crippen molar-refractivity contribution in [1.82, 2.24) is 4.90 Å². The molecule has 13 heavy (non-hydrogen) atoms. The van der Waals surface area contributed by atoms with Crippen LogP contribution in [0.15, 0.2) is 24.3 Å². The second-order valence-corrected chi connectivity index (χ2v) is 3.39. The Hall–Kier alpha value is -1.15. The van der Waals surface area contributed by atoms with Crippen LogP contribution < -0.4 is 0 Å². The van der Waals surface area contributed by atoms with Gasteiger partial charge in [0.1, 0.15) is 6.29 Å². The van der Waals surface area contributed by atoms with Crippen LogP contribution in [0.4, 0.5) is 0 Å². The number of carbonyl (C=O) groups excluding carboxylic acids is 1. The minimum absolute atomic E-state index is 0.279. The highest BCUT2D eigenvalue weighted by atomic mass is 16.1. The van der Waals surface area contributed by atoms with Gasteiger partial charge in [-0.1, -0.05) is 24.3 Å². The van der Waals surface area contributed by atoms with E-state index in [-0.39, 0.29) is 6.04 Å². The molecule has 1 aromatic carbocycles. The minimum Gasteiger partial charge on any atom is -0.303 e. The lowest BCUT2D eigenvalue weighted by atomic mass is 10.0. The fourth-order valence-electron chi connectivity index (χ4n) is 1.28. The van der Waals surface area contributed by atoms with Gasteiger partial charge in [0.25, 0.3) is 0 Å². The molecule has 0 saturated carbocycles. The van der Waals surface area contributed by atoms with E-state index in [0.29, 0.717) is 0 Å². The maximum atomic E-state index is 10.7. The van der Waals surface area contributed by atoms with Gasteiger partial charge in [-0.15, -0.1) is 0 Å². The van der Waals surface area contributed by atoms with E-state index in [9.17, 15) is 4.79 Å². The zero-order valence-corrected chi connectivity index (χ0v) is 8.32. The highest BCUT2D eigenvalue weighted by Crippen LogP contribution is 2.19. The Morgan fingerprint density at radius 1 is 1.31 bits per heavy atom. The van der Waals surface area contributed by atoms with E-state index in [2.05, 4.69) is 11.8 Å². The molecule has 2 nitrogen and oxygen atoms in total. The molecule has 1 atom stereocenters. The molecule has 1 unspecified atom stereocenters. The highest BCUT2D eigenvalue weighted by Gasteiger charge is 2.10. The number of rotatable bonds is 3. The third kappa shape index (κ3) is 2.16. The van der Waals surface area contributed by atoms with Crippen molar-refractivity contribution in [3.05, 3.63) is 35.4 Å². The average Bonchev–Trinajstić information content (AvgIpc) is 2.16. The lowest BCUT2D eigenvalue weighted by molar-refractivity contribution is 0.112. The molecule has 2 heteroatoms. The fourth-order valence-corrected chi connectivity index (χ4v) is 1.28. The molecule has 0 aliphatic carbocycles. The molecule has 0 aliphatic rings. The van der Waals surface area contributed by atoms with Crippen LogP contribution in [0.2, 0.25) is 0 Å². The van der Waals surface area contributed by atoms with E-state index in [1.165, 1.54) is 0 Å². The van der Waals surface area contributed by atoms with Crippen LogP contribution >= 0.6 is 0 Å². The van der Waals surface area contributed by atoms with Crippen molar-refractivity contribution in [2.24, 2.45) is 0 Å². The van der Waals surface area contributed by atoms with Gasteiger partial charge in [0.2, 0.25) is 0 Å². The van der Waals surface area contributed by atoms with Crippen molar-refractivity contribution in [3.63, 3.8) is 0 Å². The molecule has 0 spiro atoms. The van der Waals surface area contributed by atoms with Gasteiger partial charge >= 0.3 is 0 Å². The van der Waals surface area contributed by atoms with Gasteiger partial charge in [0.15, 0.2) is 0 Å². The third-order valence-electron chi connectivity index (χ3n) is 2.35. The predicted molar refractivity (Wildman–Crippen MR) is 53.9 cm³/mol. The van der Waals surface area contributed by atoms with Gasteiger partial charge in [-0.05, 0) is 26.6 Å². The van der Waals surface area contributed by atoms with E-state index in [0.717, 1.165) is 17.4 Å². The summed E-state index contributed by atoms with van der Waals surface area (Å²) in [6, 6.07) is 7.97. The SMILES string of the molecule is CC(c1ccccc1C=O)N(C)C. The van der Waals surface area contributed by atoms with Crippen LogP contribution in [0.3, 0.4) is 0 Å². The summed E-state index contributed by atoms with van der Waals surface area (Å²) in [7, 11) is 4.01. The topological polar surface area (TPSA) is 20.3 Å². The Bertz CT molecular complexity index is 294. The van der Waals surface area contributed by atoms with Gasteiger partial charge in [0, 0.05) is 11.6 Å². The van der Waals surface area contributed by atoms with Gasteiger partial charge < -0.3 is 4.90 Å². The Morgan fingerprint density at radius 2 is 1.92 bits per heavy atom. The van der Waals surface area contributed by atoms with Crippen molar-refractivity contribution in [2.75, 3.05) is 14.1 Å². The van der Waals surface area contributed by atoms with E-state index in [4.69, 9.17) is 0 Å². The van der Waals surface area contributed by atoms with Crippen molar-refractivity contribution in [1.29, 1.82) is 0 Å². The van der Waals surface area contributed by atoms with Gasteiger partial charge in [0.05, 0.1) is 0 Å². The molecule has 0 aromatic heterocycles. The lowest BCUT2D eigenvalue weighted by Crippen LogP contribution is -2.17. The Kier molecular flexibility index (Phi) is 3.20. The largest absolute Gasteiger partial charge is 0.303 e. The molecular formula is C11H15NO. The Labute approximate surface area is 79.2 Å². The van der Waals surface area contributed by atoms with E-state index >= 15 is 0 Å². The summed E-state index contributed by atoms with van der Waals surface area (Å²) >= 11 is 0. The summed E-state index contributed by atoms with van der Waals surface area (Å²) in [6.07, 6.45) is 0.912. The summed E-state index contributed by atoms with van der Waals surface area (Å²) in [5, 5.41) is 0. The van der Waals surface area contributed by atoms with E-state index < -0.39 is 0 Å². The summed E-state index contributed by atoms with van der Waals surface area (Å²) in [6.45, 7) is 2.09. The van der Waals surface area contributed by atoms with E-state index in [1.54, 1.807) is 0 Å². The molecule has 0 saturated heterocycles. The van der Waals surface area contributed by atoms with Crippen molar-refractivity contribution < 1.29 is 4.79 Å². The molecule has 0 radical (unpaired) electrons. The highest BCUT2D eigenvalue weighted by molar-refractivity contribution is 5.77. The maximum Gasteiger partial charge on any atom is 0.150 e. The van der Waals surface area contributed by atoms with E-state index in [1.807, 2.05) is 38.4 Å². The van der Waals surface area contributed by atoms with Crippen LogP contribution in [-0.2, 0) is 0 Å². The lowest BCUT2D eigenvalue weighted by Gasteiger charge is -2.21. The van der Waals surface area contributed by atoms with Gasteiger partial charge in [-0.2, -0.15) is 0 Å². The number of hydrogen-bond donors (Lipinski definition) is 0. The molecule has 0 heterocycles. The quantitative estimate of drug-likeness (QED) is 0.659. The molecule has 0 N–H and O–H groups in total. The normalized spacial score (nSPS) is 12.9. The zero-order valence-electron chi connectivity index (χ0n) is 8.32. The first-order valence-corrected chi connectivity index (χ1v) is 4.37. The van der Waals surface area contributed by atoms with Crippen molar-refractivity contribution in [2.45, 2.75) is 13.0 Å². The average molecular weight is 177 g/mol. The Balaban J connectivity index is 3.05.